The number of nitrogens with one attached hydrogen (secondary N) is 1. The summed E-state index contributed by atoms with van der Waals surface area (Å²) in [4.78, 5) is 17.8. The van der Waals surface area contributed by atoms with E-state index in [1.54, 1.807) is 31.2 Å². The molecule has 0 fully saturated rings. The minimum Gasteiger partial charge on any atom is -0.380 e. The first-order valence-corrected chi connectivity index (χ1v) is 11.5. The average molecular weight is 543 g/mol. The van der Waals surface area contributed by atoms with Gasteiger partial charge in [-0.05, 0) is 35.9 Å². The Morgan fingerprint density at radius 1 is 1.17 bits per heavy atom. The molecule has 1 aliphatic rings. The van der Waals surface area contributed by atoms with Gasteiger partial charge in [0.05, 0.1) is 21.9 Å². The van der Waals surface area contributed by atoms with Gasteiger partial charge in [-0.2, -0.15) is 13.2 Å². The Kier molecular flexibility index (Phi) is 7.19. The van der Waals surface area contributed by atoms with Crippen molar-refractivity contribution < 1.29 is 31.9 Å². The highest BCUT2D eigenvalue weighted by Crippen LogP contribution is 2.50. The fraction of sp³-hybridized carbons (Fsp3) is 0.280. The summed E-state index contributed by atoms with van der Waals surface area (Å²) in [5.41, 5.74) is -2.69. The number of methoxy groups -OCH3 is 1. The van der Waals surface area contributed by atoms with Gasteiger partial charge >= 0.3 is 6.18 Å². The minimum atomic E-state index is -4.93. The molecule has 0 saturated carbocycles. The molecule has 0 radical (unpaired) electrons. The van der Waals surface area contributed by atoms with Crippen LogP contribution in [0.2, 0.25) is 10.0 Å². The highest BCUT2D eigenvalue weighted by atomic mass is 35.5. The van der Waals surface area contributed by atoms with Crippen LogP contribution in [0.4, 0.5) is 17.6 Å². The van der Waals surface area contributed by atoms with Gasteiger partial charge in [0.25, 0.3) is 11.5 Å². The van der Waals surface area contributed by atoms with Gasteiger partial charge in [-0.15, -0.1) is 0 Å². The SMILES string of the molecule is COC(C)CNC(=O)c1ccc(C2=NOC(c3cc(Cl)c(F)c(Cl)c3)(C(F)(F)F)C2)c2ccccc12. The zero-order valence-electron chi connectivity index (χ0n) is 19.1. The number of fused-ring (bicyclic) bond motifs is 1. The van der Waals surface area contributed by atoms with E-state index in [4.69, 9.17) is 32.8 Å². The topological polar surface area (TPSA) is 59.9 Å². The van der Waals surface area contributed by atoms with E-state index >= 15 is 0 Å². The maximum Gasteiger partial charge on any atom is 0.435 e. The van der Waals surface area contributed by atoms with Gasteiger partial charge in [0.1, 0.15) is 0 Å². The molecular weight excluding hydrogens is 523 g/mol. The van der Waals surface area contributed by atoms with E-state index in [2.05, 4.69) is 10.5 Å². The molecule has 1 N–H and O–H groups in total. The molecule has 2 unspecified atom stereocenters. The normalized spacial score (nSPS) is 18.6. The van der Waals surface area contributed by atoms with Gasteiger partial charge in [-0.3, -0.25) is 4.79 Å². The molecular formula is C25H20Cl2F4N2O3. The number of benzene rings is 3. The maximum atomic E-state index is 14.4. The third-order valence-electron chi connectivity index (χ3n) is 6.07. The summed E-state index contributed by atoms with van der Waals surface area (Å²) in [6.07, 6.45) is -5.85. The minimum absolute atomic E-state index is 0.0000540. The van der Waals surface area contributed by atoms with Crippen LogP contribution in [0.15, 0.2) is 53.7 Å². The summed E-state index contributed by atoms with van der Waals surface area (Å²) < 4.78 is 62.2. The van der Waals surface area contributed by atoms with Crippen LogP contribution < -0.4 is 5.32 Å². The molecule has 0 aliphatic carbocycles. The van der Waals surface area contributed by atoms with E-state index in [0.717, 1.165) is 12.1 Å². The Hall–Kier alpha value is -2.88. The number of oxime groups is 1. The summed E-state index contributed by atoms with van der Waals surface area (Å²) in [5.74, 6) is -1.38. The molecule has 0 bridgehead atoms. The van der Waals surface area contributed by atoms with Crippen molar-refractivity contribution in [3.63, 3.8) is 0 Å². The number of rotatable bonds is 6. The monoisotopic (exact) mass is 542 g/mol. The quantitative estimate of drug-likeness (QED) is 0.281. The fourth-order valence-electron chi connectivity index (χ4n) is 4.00. The van der Waals surface area contributed by atoms with Crippen LogP contribution in [-0.2, 0) is 15.2 Å². The maximum absolute atomic E-state index is 14.4. The second kappa shape index (κ2) is 9.88. The van der Waals surface area contributed by atoms with E-state index in [9.17, 15) is 22.4 Å². The van der Waals surface area contributed by atoms with Crippen molar-refractivity contribution in [2.24, 2.45) is 5.16 Å². The lowest BCUT2D eigenvalue weighted by Crippen LogP contribution is -2.42. The van der Waals surface area contributed by atoms with E-state index in [1.807, 2.05) is 0 Å². The predicted molar refractivity (Wildman–Crippen MR) is 129 cm³/mol. The highest BCUT2D eigenvalue weighted by Gasteiger charge is 2.62. The van der Waals surface area contributed by atoms with Gasteiger partial charge < -0.3 is 14.9 Å². The van der Waals surface area contributed by atoms with Gasteiger partial charge in [-0.25, -0.2) is 4.39 Å². The molecule has 5 nitrogen and oxygen atoms in total. The summed E-state index contributed by atoms with van der Waals surface area (Å²) in [7, 11) is 1.53. The molecule has 0 saturated heterocycles. The summed E-state index contributed by atoms with van der Waals surface area (Å²) in [5, 5.41) is 6.46. The Labute approximate surface area is 214 Å². The van der Waals surface area contributed by atoms with Crippen LogP contribution in [0.1, 0.15) is 34.8 Å². The van der Waals surface area contributed by atoms with Crippen molar-refractivity contribution in [2.45, 2.75) is 31.2 Å². The van der Waals surface area contributed by atoms with Crippen molar-refractivity contribution >= 4 is 45.6 Å². The molecule has 190 valence electrons. The van der Waals surface area contributed by atoms with Gasteiger partial charge in [0, 0.05) is 36.8 Å². The summed E-state index contributed by atoms with van der Waals surface area (Å²) in [6, 6.07) is 11.5. The van der Waals surface area contributed by atoms with Crippen LogP contribution in [0.25, 0.3) is 10.8 Å². The number of alkyl halides is 3. The van der Waals surface area contributed by atoms with Crippen molar-refractivity contribution in [2.75, 3.05) is 13.7 Å². The molecule has 1 heterocycles. The number of carbonyl (C=O) groups is 1. The number of amides is 1. The molecule has 3 aromatic carbocycles. The van der Waals surface area contributed by atoms with E-state index in [0.29, 0.717) is 21.9 Å². The van der Waals surface area contributed by atoms with Crippen LogP contribution in [0.3, 0.4) is 0 Å². The Morgan fingerprint density at radius 3 is 2.42 bits per heavy atom. The Balaban J connectivity index is 1.74. The molecule has 4 rings (SSSR count). The zero-order chi connectivity index (χ0) is 26.3. The number of hydrogen-bond donors (Lipinski definition) is 1. The number of carbonyl (C=O) groups excluding carboxylic acids is 1. The van der Waals surface area contributed by atoms with Gasteiger partial charge in [-0.1, -0.05) is 58.7 Å². The fourth-order valence-corrected chi connectivity index (χ4v) is 4.49. The van der Waals surface area contributed by atoms with E-state index in [-0.39, 0.29) is 24.3 Å². The first kappa shape index (κ1) is 26.2. The first-order valence-electron chi connectivity index (χ1n) is 10.8. The zero-order valence-corrected chi connectivity index (χ0v) is 20.6. The Morgan fingerprint density at radius 2 is 1.81 bits per heavy atom. The molecule has 0 spiro atoms. The second-order valence-corrected chi connectivity index (χ2v) is 9.16. The second-order valence-electron chi connectivity index (χ2n) is 8.35. The van der Waals surface area contributed by atoms with Crippen LogP contribution in [0, 0.1) is 5.82 Å². The van der Waals surface area contributed by atoms with Crippen molar-refractivity contribution in [1.82, 2.24) is 5.32 Å². The van der Waals surface area contributed by atoms with Crippen molar-refractivity contribution in [1.29, 1.82) is 0 Å². The highest BCUT2D eigenvalue weighted by molar-refractivity contribution is 6.35. The van der Waals surface area contributed by atoms with Crippen LogP contribution in [0.5, 0.6) is 0 Å². The predicted octanol–water partition coefficient (Wildman–Crippen LogP) is 6.63. The number of hydrogen-bond acceptors (Lipinski definition) is 4. The van der Waals surface area contributed by atoms with Gasteiger partial charge in [0.15, 0.2) is 5.82 Å². The van der Waals surface area contributed by atoms with Crippen molar-refractivity contribution in [3.05, 3.63) is 81.1 Å². The Bertz CT molecular complexity index is 1340. The summed E-state index contributed by atoms with van der Waals surface area (Å²) >= 11 is 11.6. The smallest absolute Gasteiger partial charge is 0.380 e. The molecule has 0 aromatic heterocycles. The lowest BCUT2D eigenvalue weighted by Gasteiger charge is -2.29. The number of nitrogens with zero attached hydrogens (tertiary/aromatic N) is 1. The van der Waals surface area contributed by atoms with E-state index in [1.165, 1.54) is 19.2 Å². The van der Waals surface area contributed by atoms with Gasteiger partial charge in [0.2, 0.25) is 0 Å². The van der Waals surface area contributed by atoms with Crippen molar-refractivity contribution in [3.8, 4) is 0 Å². The lowest BCUT2D eigenvalue weighted by molar-refractivity contribution is -0.275. The molecule has 11 heteroatoms. The number of ether oxygens (including phenoxy) is 1. The molecule has 1 amide bonds. The largest absolute Gasteiger partial charge is 0.435 e. The third kappa shape index (κ3) is 4.63. The third-order valence-corrected chi connectivity index (χ3v) is 6.62. The molecule has 1 aliphatic heterocycles. The molecule has 36 heavy (non-hydrogen) atoms. The molecule has 2 atom stereocenters. The number of halogens is 6. The summed E-state index contributed by atoms with van der Waals surface area (Å²) in [6.45, 7) is 2.08. The molecule has 3 aromatic rings. The van der Waals surface area contributed by atoms with Crippen LogP contribution in [-0.4, -0.2) is 37.6 Å². The standard InChI is InChI=1S/C25H20Cl2F4N2O3/c1-13(35-2)12-32-23(34)18-8-7-17(15-5-3-4-6-16(15)18)21-11-24(36-33-21,25(29,30)31)14-9-19(26)22(28)20(27)10-14/h3-10,13H,11-12H2,1-2H3,(H,32,34). The average Bonchev–Trinajstić information content (AvgIpc) is 3.31. The lowest BCUT2D eigenvalue weighted by atomic mass is 9.85. The first-order chi connectivity index (χ1) is 17.0. The van der Waals surface area contributed by atoms with E-state index < -0.39 is 39.6 Å². The van der Waals surface area contributed by atoms with Crippen LogP contribution >= 0.6 is 23.2 Å².